The van der Waals surface area contributed by atoms with Crippen molar-refractivity contribution in [2.75, 3.05) is 13.1 Å². The second kappa shape index (κ2) is 11.9. The first-order valence-corrected chi connectivity index (χ1v) is 8.78. The molecule has 0 bridgehead atoms. The first kappa shape index (κ1) is 23.5. The average Bonchev–Trinajstić information content (AvgIpc) is 2.82. The van der Waals surface area contributed by atoms with Crippen LogP contribution in [0, 0.1) is 6.92 Å². The number of thiophene rings is 1. The Labute approximate surface area is 163 Å². The van der Waals surface area contributed by atoms with Gasteiger partial charge in [0.15, 0.2) is 5.96 Å². The van der Waals surface area contributed by atoms with Gasteiger partial charge in [0.25, 0.3) is 0 Å². The molecule has 0 aliphatic heterocycles. The molecule has 0 aliphatic rings. The molecule has 24 heavy (non-hydrogen) atoms. The number of hydrogen-bond donors (Lipinski definition) is 2. The molecule has 0 radical (unpaired) electrons. The topological polar surface area (TPSA) is 36.4 Å². The second-order valence-corrected chi connectivity index (χ2v) is 6.97. The lowest BCUT2D eigenvalue weighted by atomic mass is 10.2. The van der Waals surface area contributed by atoms with Gasteiger partial charge >= 0.3 is 6.18 Å². The van der Waals surface area contributed by atoms with Gasteiger partial charge in [-0.3, -0.25) is 4.99 Å². The van der Waals surface area contributed by atoms with Crippen LogP contribution in [0.15, 0.2) is 17.1 Å². The fourth-order valence-electron chi connectivity index (χ4n) is 2.13. The predicted molar refractivity (Wildman–Crippen MR) is 107 cm³/mol. The molecule has 1 heterocycles. The summed E-state index contributed by atoms with van der Waals surface area (Å²) in [5.74, 6) is 0.667. The number of guanidine groups is 1. The quantitative estimate of drug-likeness (QED) is 0.242. The van der Waals surface area contributed by atoms with Crippen molar-refractivity contribution < 1.29 is 13.2 Å². The van der Waals surface area contributed by atoms with E-state index in [0.717, 1.165) is 13.0 Å². The number of unbranched alkanes of at least 4 members (excludes halogenated alkanes) is 1. The third-order valence-corrected chi connectivity index (χ3v) is 4.19. The minimum Gasteiger partial charge on any atom is -0.357 e. The summed E-state index contributed by atoms with van der Waals surface area (Å²) in [6.45, 7) is 7.24. The summed E-state index contributed by atoms with van der Waals surface area (Å²) in [5, 5.41) is 6.44. The highest BCUT2D eigenvalue weighted by molar-refractivity contribution is 14.0. The van der Waals surface area contributed by atoms with Gasteiger partial charge < -0.3 is 10.6 Å². The lowest BCUT2D eigenvalue weighted by Crippen LogP contribution is -2.43. The van der Waals surface area contributed by atoms with Crippen LogP contribution >= 0.6 is 35.3 Å². The highest BCUT2D eigenvalue weighted by atomic mass is 127. The lowest BCUT2D eigenvalue weighted by Gasteiger charge is -2.17. The van der Waals surface area contributed by atoms with Crippen LogP contribution in [0.1, 0.15) is 42.9 Å². The summed E-state index contributed by atoms with van der Waals surface area (Å²) in [4.78, 5) is 6.95. The van der Waals surface area contributed by atoms with Gasteiger partial charge in [-0.15, -0.1) is 35.3 Å². The zero-order chi connectivity index (χ0) is 17.3. The number of rotatable bonds is 8. The van der Waals surface area contributed by atoms with Crippen molar-refractivity contribution in [2.45, 2.75) is 58.7 Å². The highest BCUT2D eigenvalue weighted by Crippen LogP contribution is 2.22. The SMILES string of the molecule is CCNC(=NCCCCC(F)(F)F)NC(C)Cc1ccc(C)s1.I. The van der Waals surface area contributed by atoms with Crippen molar-refractivity contribution in [3.8, 4) is 0 Å². The van der Waals surface area contributed by atoms with Crippen molar-refractivity contribution >= 4 is 41.3 Å². The normalized spacial score (nSPS) is 13.3. The molecule has 2 N–H and O–H groups in total. The maximum atomic E-state index is 12.1. The highest BCUT2D eigenvalue weighted by Gasteiger charge is 2.25. The van der Waals surface area contributed by atoms with Crippen LogP contribution in [0.2, 0.25) is 0 Å². The number of nitrogens with one attached hydrogen (secondary N) is 2. The summed E-state index contributed by atoms with van der Waals surface area (Å²) in [5.41, 5.74) is 0. The summed E-state index contributed by atoms with van der Waals surface area (Å²) in [6.07, 6.45) is -3.34. The van der Waals surface area contributed by atoms with Gasteiger partial charge in [-0.05, 0) is 45.7 Å². The summed E-state index contributed by atoms with van der Waals surface area (Å²) in [7, 11) is 0. The van der Waals surface area contributed by atoms with E-state index in [4.69, 9.17) is 0 Å². The Hall–Kier alpha value is -0.510. The molecule has 0 fully saturated rings. The van der Waals surface area contributed by atoms with Crippen molar-refractivity contribution in [3.05, 3.63) is 21.9 Å². The number of alkyl halides is 3. The Bertz CT molecular complexity index is 489. The average molecular weight is 477 g/mol. The zero-order valence-corrected chi connectivity index (χ0v) is 17.5. The monoisotopic (exact) mass is 477 g/mol. The standard InChI is InChI=1S/C16H26F3N3S.HI/c1-4-20-15(21-10-6-5-9-16(17,18)19)22-12(2)11-14-8-7-13(3)23-14;/h7-8,12H,4-6,9-11H2,1-3H3,(H2,20,21,22);1H. The van der Waals surface area contributed by atoms with Gasteiger partial charge in [0.05, 0.1) is 0 Å². The molecule has 1 rings (SSSR count). The lowest BCUT2D eigenvalue weighted by molar-refractivity contribution is -0.135. The number of nitrogens with zero attached hydrogens (tertiary/aromatic N) is 1. The van der Waals surface area contributed by atoms with Crippen molar-refractivity contribution in [2.24, 2.45) is 4.99 Å². The fourth-order valence-corrected chi connectivity index (χ4v) is 3.15. The van der Waals surface area contributed by atoms with Crippen molar-refractivity contribution in [1.29, 1.82) is 0 Å². The molecule has 0 amide bonds. The fraction of sp³-hybridized carbons (Fsp3) is 0.688. The summed E-state index contributed by atoms with van der Waals surface area (Å²) >= 11 is 1.78. The van der Waals surface area contributed by atoms with E-state index in [1.165, 1.54) is 9.75 Å². The first-order chi connectivity index (χ1) is 10.8. The Balaban J connectivity index is 0.00000529. The largest absolute Gasteiger partial charge is 0.389 e. The van der Waals surface area contributed by atoms with Gasteiger partial charge in [-0.1, -0.05) is 0 Å². The molecule has 1 aromatic heterocycles. The predicted octanol–water partition coefficient (Wildman–Crippen LogP) is 4.89. The van der Waals surface area contributed by atoms with Crippen molar-refractivity contribution in [3.63, 3.8) is 0 Å². The van der Waals surface area contributed by atoms with E-state index in [-0.39, 0.29) is 36.4 Å². The molecular weight excluding hydrogens is 450 g/mol. The zero-order valence-electron chi connectivity index (χ0n) is 14.4. The summed E-state index contributed by atoms with van der Waals surface area (Å²) < 4.78 is 36.3. The summed E-state index contributed by atoms with van der Waals surface area (Å²) in [6, 6.07) is 4.44. The van der Waals surface area contributed by atoms with Crippen LogP contribution in [0.25, 0.3) is 0 Å². The molecule has 1 atom stereocenters. The Kier molecular flexibility index (Phi) is 11.7. The molecule has 0 saturated carbocycles. The third kappa shape index (κ3) is 11.1. The van der Waals surface area contributed by atoms with Crippen LogP contribution in [0.3, 0.4) is 0 Å². The van der Waals surface area contributed by atoms with E-state index in [2.05, 4.69) is 41.6 Å². The van der Waals surface area contributed by atoms with Gasteiger partial charge in [0.1, 0.15) is 0 Å². The van der Waals surface area contributed by atoms with E-state index in [0.29, 0.717) is 18.9 Å². The van der Waals surface area contributed by atoms with Crippen LogP contribution in [0.5, 0.6) is 0 Å². The minimum absolute atomic E-state index is 0. The van der Waals surface area contributed by atoms with Crippen LogP contribution in [0.4, 0.5) is 13.2 Å². The number of aliphatic imine (C=N–C) groups is 1. The maximum absolute atomic E-state index is 12.1. The molecule has 8 heteroatoms. The Morgan fingerprint density at radius 3 is 2.54 bits per heavy atom. The Morgan fingerprint density at radius 2 is 2.00 bits per heavy atom. The first-order valence-electron chi connectivity index (χ1n) is 7.97. The molecule has 140 valence electrons. The maximum Gasteiger partial charge on any atom is 0.389 e. The molecule has 0 spiro atoms. The number of aryl methyl sites for hydroxylation is 1. The van der Waals surface area contributed by atoms with Gasteiger partial charge in [0, 0.05) is 41.7 Å². The van der Waals surface area contributed by atoms with Crippen LogP contribution in [-0.2, 0) is 6.42 Å². The molecule has 3 nitrogen and oxygen atoms in total. The van der Waals surface area contributed by atoms with Gasteiger partial charge in [-0.25, -0.2) is 0 Å². The molecule has 0 aliphatic carbocycles. The van der Waals surface area contributed by atoms with E-state index < -0.39 is 12.6 Å². The molecule has 1 unspecified atom stereocenters. The van der Waals surface area contributed by atoms with E-state index in [1.807, 2.05) is 6.92 Å². The Morgan fingerprint density at radius 1 is 1.29 bits per heavy atom. The van der Waals surface area contributed by atoms with E-state index in [1.54, 1.807) is 11.3 Å². The second-order valence-electron chi connectivity index (χ2n) is 5.59. The smallest absolute Gasteiger partial charge is 0.357 e. The van der Waals surface area contributed by atoms with Crippen LogP contribution < -0.4 is 10.6 Å². The van der Waals surface area contributed by atoms with Gasteiger partial charge in [0.2, 0.25) is 0 Å². The molecular formula is C16H27F3IN3S. The van der Waals surface area contributed by atoms with Gasteiger partial charge in [-0.2, -0.15) is 13.2 Å². The molecule has 0 saturated heterocycles. The van der Waals surface area contributed by atoms with E-state index in [9.17, 15) is 13.2 Å². The number of halogens is 4. The van der Waals surface area contributed by atoms with Crippen LogP contribution in [-0.4, -0.2) is 31.3 Å². The number of hydrogen-bond acceptors (Lipinski definition) is 2. The molecule has 0 aromatic carbocycles. The van der Waals surface area contributed by atoms with Crippen molar-refractivity contribution in [1.82, 2.24) is 10.6 Å². The minimum atomic E-state index is -4.07. The van der Waals surface area contributed by atoms with E-state index >= 15 is 0 Å². The molecule has 1 aromatic rings. The third-order valence-electron chi connectivity index (χ3n) is 3.17.